The number of hydrogen-bond donors (Lipinski definition) is 2. The first-order valence-electron chi connectivity index (χ1n) is 6.17. The number of urea groups is 1. The van der Waals surface area contributed by atoms with Crippen LogP contribution >= 0.6 is 58.4 Å². The van der Waals surface area contributed by atoms with Crippen LogP contribution in [-0.2, 0) is 0 Å². The van der Waals surface area contributed by atoms with Crippen molar-refractivity contribution in [1.29, 1.82) is 0 Å². The van der Waals surface area contributed by atoms with Gasteiger partial charge in [0.1, 0.15) is 5.82 Å². The molecule has 126 valence electrons. The molecule has 2 amide bonds. The van der Waals surface area contributed by atoms with Gasteiger partial charge in [-0.3, -0.25) is 9.52 Å². The minimum Gasteiger partial charge on any atom is -0.306 e. The normalized spacial score (nSPS) is 10.4. The van der Waals surface area contributed by atoms with E-state index in [9.17, 15) is 14.0 Å². The monoisotopic (exact) mass is 426 g/mol. The number of benzene rings is 2. The first kappa shape index (κ1) is 19.1. The van der Waals surface area contributed by atoms with Crippen LogP contribution < -0.4 is 10.0 Å². The highest BCUT2D eigenvalue weighted by Gasteiger charge is 2.17. The van der Waals surface area contributed by atoms with Crippen molar-refractivity contribution in [2.24, 2.45) is 0 Å². The summed E-state index contributed by atoms with van der Waals surface area (Å²) in [6, 6.07) is 5.94. The highest BCUT2D eigenvalue weighted by atomic mass is 35.5. The molecular weight excluding hydrogens is 421 g/mol. The molecule has 2 aromatic rings. The molecule has 24 heavy (non-hydrogen) atoms. The van der Waals surface area contributed by atoms with Gasteiger partial charge in [-0.15, -0.1) is 0 Å². The van der Waals surface area contributed by atoms with Crippen LogP contribution in [0.2, 0.25) is 20.1 Å². The Bertz CT molecular complexity index is 820. The fourth-order valence-corrected chi connectivity index (χ4v) is 2.95. The maximum absolute atomic E-state index is 13.5. The number of nitrogens with one attached hydrogen (secondary N) is 2. The predicted octanol–water partition coefficient (Wildman–Crippen LogP) is 6.05. The average molecular weight is 428 g/mol. The molecular formula is C14H7Cl4FN2O2S. The van der Waals surface area contributed by atoms with Gasteiger partial charge in [0.25, 0.3) is 0 Å². The molecule has 4 nitrogen and oxygen atoms in total. The van der Waals surface area contributed by atoms with E-state index < -0.39 is 17.0 Å². The van der Waals surface area contributed by atoms with Gasteiger partial charge in [0.05, 0.1) is 31.3 Å². The zero-order valence-electron chi connectivity index (χ0n) is 11.5. The van der Waals surface area contributed by atoms with Gasteiger partial charge in [-0.1, -0.05) is 58.5 Å². The molecule has 0 aliphatic carbocycles. The second-order valence-electron chi connectivity index (χ2n) is 4.27. The Morgan fingerprint density at radius 2 is 1.67 bits per heavy atom. The Morgan fingerprint density at radius 1 is 1.00 bits per heavy atom. The van der Waals surface area contributed by atoms with E-state index in [1.165, 1.54) is 24.3 Å². The Balaban J connectivity index is 2.02. The molecule has 0 unspecified atom stereocenters. The van der Waals surface area contributed by atoms with Crippen LogP contribution in [0.4, 0.5) is 14.9 Å². The minimum absolute atomic E-state index is 0.00773. The van der Waals surface area contributed by atoms with Crippen LogP contribution in [0.15, 0.2) is 30.3 Å². The average Bonchev–Trinajstić information content (AvgIpc) is 2.56. The summed E-state index contributed by atoms with van der Waals surface area (Å²) in [5, 5.41) is 1.82. The second-order valence-corrected chi connectivity index (χ2v) is 6.59. The lowest BCUT2D eigenvalue weighted by Crippen LogP contribution is -2.24. The van der Waals surface area contributed by atoms with Crippen molar-refractivity contribution in [2.75, 3.05) is 5.32 Å². The third-order valence-corrected chi connectivity index (χ3v) is 5.13. The molecule has 0 aromatic heterocycles. The summed E-state index contributed by atoms with van der Waals surface area (Å²) in [5.41, 5.74) is -0.0501. The molecule has 0 saturated heterocycles. The minimum atomic E-state index is -0.777. The molecule has 2 aromatic carbocycles. The molecule has 2 N–H and O–H groups in total. The van der Waals surface area contributed by atoms with E-state index in [0.717, 1.165) is 6.07 Å². The summed E-state index contributed by atoms with van der Waals surface area (Å²) < 4.78 is 15.7. The van der Waals surface area contributed by atoms with E-state index in [0.29, 0.717) is 11.9 Å². The van der Waals surface area contributed by atoms with Crippen molar-refractivity contribution in [3.63, 3.8) is 0 Å². The number of anilines is 1. The number of hydrogen-bond acceptors (Lipinski definition) is 3. The molecule has 0 spiro atoms. The van der Waals surface area contributed by atoms with Crippen molar-refractivity contribution in [3.05, 3.63) is 61.8 Å². The molecule has 0 heterocycles. The lowest BCUT2D eigenvalue weighted by Gasteiger charge is -2.11. The largest absolute Gasteiger partial charge is 0.329 e. The van der Waals surface area contributed by atoms with Crippen molar-refractivity contribution in [2.45, 2.75) is 0 Å². The van der Waals surface area contributed by atoms with Gasteiger partial charge in [0.2, 0.25) is 5.12 Å². The van der Waals surface area contributed by atoms with E-state index in [1.54, 1.807) is 0 Å². The molecule has 0 fully saturated rings. The van der Waals surface area contributed by atoms with E-state index in [2.05, 4.69) is 10.0 Å². The third-order valence-electron chi connectivity index (χ3n) is 2.68. The summed E-state index contributed by atoms with van der Waals surface area (Å²) >= 11 is 23.9. The first-order chi connectivity index (χ1) is 11.3. The summed E-state index contributed by atoms with van der Waals surface area (Å²) in [7, 11) is 0. The quantitative estimate of drug-likeness (QED) is 0.348. The molecule has 0 bridgehead atoms. The van der Waals surface area contributed by atoms with Gasteiger partial charge >= 0.3 is 6.03 Å². The van der Waals surface area contributed by atoms with Gasteiger partial charge in [0.15, 0.2) is 0 Å². The number of rotatable bonds is 2. The van der Waals surface area contributed by atoms with Crippen LogP contribution in [0.5, 0.6) is 0 Å². The lowest BCUT2D eigenvalue weighted by molar-refractivity contribution is 0.108. The topological polar surface area (TPSA) is 58.2 Å². The van der Waals surface area contributed by atoms with Crippen LogP contribution in [0.25, 0.3) is 0 Å². The number of amides is 2. The van der Waals surface area contributed by atoms with E-state index >= 15 is 0 Å². The summed E-state index contributed by atoms with van der Waals surface area (Å²) in [6.07, 6.45) is 0. The Hall–Kier alpha value is -1.18. The van der Waals surface area contributed by atoms with Crippen molar-refractivity contribution >= 4 is 75.2 Å². The fourth-order valence-electron chi connectivity index (χ4n) is 1.59. The second kappa shape index (κ2) is 8.27. The zero-order valence-corrected chi connectivity index (χ0v) is 15.3. The van der Waals surface area contributed by atoms with Crippen LogP contribution in [-0.4, -0.2) is 11.1 Å². The van der Waals surface area contributed by atoms with E-state index in [-0.39, 0.29) is 31.3 Å². The van der Waals surface area contributed by atoms with Crippen LogP contribution in [0.3, 0.4) is 0 Å². The molecule has 2 rings (SSSR count). The van der Waals surface area contributed by atoms with Gasteiger partial charge in [0, 0.05) is 11.9 Å². The van der Waals surface area contributed by atoms with Gasteiger partial charge in [-0.2, -0.15) is 0 Å². The maximum Gasteiger partial charge on any atom is 0.329 e. The number of carbonyl (C=O) groups excluding carboxylic acids is 2. The number of carbonyl (C=O) groups is 2. The predicted molar refractivity (Wildman–Crippen MR) is 97.0 cm³/mol. The molecule has 0 atom stereocenters. The molecule has 0 aliphatic rings. The number of halogens is 5. The highest BCUT2D eigenvalue weighted by Crippen LogP contribution is 2.40. The van der Waals surface area contributed by atoms with Crippen molar-refractivity contribution in [3.8, 4) is 0 Å². The van der Waals surface area contributed by atoms with Crippen LogP contribution in [0, 0.1) is 5.82 Å². The molecule has 0 radical (unpaired) electrons. The summed E-state index contributed by atoms with van der Waals surface area (Å²) in [4.78, 5) is 23.7. The smallest absolute Gasteiger partial charge is 0.306 e. The van der Waals surface area contributed by atoms with E-state index in [1.807, 2.05) is 0 Å². The standard InChI is InChI=1S/C14H7Cl4FN2O2S/c15-7-5-9(11(17)12(18)10(7)16)20-14(23)21-24-13(22)6-3-1-2-4-8(6)19/h1-5H,(H2,20,21,23). The van der Waals surface area contributed by atoms with Crippen molar-refractivity contribution < 1.29 is 14.0 Å². The Labute approximate surface area is 160 Å². The highest BCUT2D eigenvalue weighted by molar-refractivity contribution is 8.12. The van der Waals surface area contributed by atoms with Gasteiger partial charge in [-0.25, -0.2) is 9.18 Å². The van der Waals surface area contributed by atoms with E-state index in [4.69, 9.17) is 46.4 Å². The Morgan fingerprint density at radius 3 is 2.33 bits per heavy atom. The zero-order chi connectivity index (χ0) is 17.9. The van der Waals surface area contributed by atoms with Gasteiger partial charge < -0.3 is 5.32 Å². The van der Waals surface area contributed by atoms with Crippen LogP contribution in [0.1, 0.15) is 10.4 Å². The first-order valence-corrected chi connectivity index (χ1v) is 8.49. The third kappa shape index (κ3) is 4.46. The summed E-state index contributed by atoms with van der Waals surface area (Å²) in [5.74, 6) is -0.684. The SMILES string of the molecule is O=C(NSC(=O)c1ccccc1F)Nc1cc(Cl)c(Cl)c(Cl)c1Cl. The molecule has 0 saturated carbocycles. The summed E-state index contributed by atoms with van der Waals surface area (Å²) in [6.45, 7) is 0. The maximum atomic E-state index is 13.5. The Kier molecular flexibility index (Phi) is 6.60. The fraction of sp³-hybridized carbons (Fsp3) is 0. The van der Waals surface area contributed by atoms with Crippen molar-refractivity contribution in [1.82, 2.24) is 4.72 Å². The molecule has 10 heteroatoms. The lowest BCUT2D eigenvalue weighted by atomic mass is 10.2. The molecule has 0 aliphatic heterocycles. The van der Waals surface area contributed by atoms with Gasteiger partial charge in [-0.05, 0) is 18.2 Å².